The molecule has 2 aromatic heterocycles. The lowest BCUT2D eigenvalue weighted by atomic mass is 10.00. The SMILES string of the molecule is CCc1ccc(C(C)=O)cc1OCc1cc(-c2ccnc(CN)c2F)c2oc(F)cc2c1. The van der Waals surface area contributed by atoms with Gasteiger partial charge in [-0.05, 0) is 48.7 Å². The predicted octanol–water partition coefficient (Wildman–Crippen LogP) is 5.58. The second-order valence-electron chi connectivity index (χ2n) is 7.46. The van der Waals surface area contributed by atoms with E-state index >= 15 is 0 Å². The van der Waals surface area contributed by atoms with E-state index in [0.717, 1.165) is 12.0 Å². The number of rotatable bonds is 7. The van der Waals surface area contributed by atoms with Crippen LogP contribution in [-0.2, 0) is 19.6 Å². The van der Waals surface area contributed by atoms with Crippen LogP contribution in [0.3, 0.4) is 0 Å². The summed E-state index contributed by atoms with van der Waals surface area (Å²) in [6.07, 6.45) is 2.19. The van der Waals surface area contributed by atoms with E-state index in [1.165, 1.54) is 25.3 Å². The van der Waals surface area contributed by atoms with Crippen molar-refractivity contribution in [2.45, 2.75) is 33.4 Å². The Bertz CT molecular complexity index is 1310. The van der Waals surface area contributed by atoms with E-state index in [1.807, 2.05) is 13.0 Å². The lowest BCUT2D eigenvalue weighted by molar-refractivity contribution is 0.101. The zero-order chi connectivity index (χ0) is 22.8. The van der Waals surface area contributed by atoms with Gasteiger partial charge >= 0.3 is 0 Å². The lowest BCUT2D eigenvalue weighted by Crippen LogP contribution is -2.04. The molecule has 4 rings (SSSR count). The van der Waals surface area contributed by atoms with Gasteiger partial charge in [-0.15, -0.1) is 0 Å². The molecular weight excluding hydrogens is 414 g/mol. The van der Waals surface area contributed by atoms with Crippen LogP contribution in [0.15, 0.2) is 53.1 Å². The number of Topliss-reactive ketones (excluding diaryl/α,β-unsaturated/α-hetero) is 1. The van der Waals surface area contributed by atoms with E-state index in [2.05, 4.69) is 4.98 Å². The largest absolute Gasteiger partial charge is 0.489 e. The summed E-state index contributed by atoms with van der Waals surface area (Å²) in [6.45, 7) is 3.57. The van der Waals surface area contributed by atoms with Crippen molar-refractivity contribution >= 4 is 16.8 Å². The van der Waals surface area contributed by atoms with E-state index in [0.29, 0.717) is 27.8 Å². The maximum atomic E-state index is 15.0. The number of pyridine rings is 1. The van der Waals surface area contributed by atoms with Crippen LogP contribution in [0, 0.1) is 11.8 Å². The number of carbonyl (C=O) groups excluding carboxylic acids is 1. The van der Waals surface area contributed by atoms with Crippen LogP contribution in [0.5, 0.6) is 5.75 Å². The number of benzene rings is 2. The maximum Gasteiger partial charge on any atom is 0.278 e. The number of hydrogen-bond donors (Lipinski definition) is 1. The minimum absolute atomic E-state index is 0.0565. The highest BCUT2D eigenvalue weighted by Gasteiger charge is 2.18. The second-order valence-corrected chi connectivity index (χ2v) is 7.46. The molecule has 2 N–H and O–H groups in total. The van der Waals surface area contributed by atoms with Crippen molar-refractivity contribution in [2.75, 3.05) is 0 Å². The maximum absolute atomic E-state index is 15.0. The van der Waals surface area contributed by atoms with Crippen molar-refractivity contribution < 1.29 is 22.7 Å². The monoisotopic (exact) mass is 436 g/mol. The summed E-state index contributed by atoms with van der Waals surface area (Å²) in [5.74, 6) is -0.0340. The first kappa shape index (κ1) is 21.6. The molecular formula is C25H22F2N2O3. The third kappa shape index (κ3) is 4.11. The normalized spacial score (nSPS) is 11.2. The van der Waals surface area contributed by atoms with Crippen LogP contribution in [0.1, 0.15) is 41.0 Å². The highest BCUT2D eigenvalue weighted by Crippen LogP contribution is 2.34. The van der Waals surface area contributed by atoms with Crippen molar-refractivity contribution in [3.05, 3.63) is 82.9 Å². The number of ketones is 1. The van der Waals surface area contributed by atoms with E-state index in [-0.39, 0.29) is 35.8 Å². The fourth-order valence-electron chi connectivity index (χ4n) is 3.67. The minimum atomic E-state index is -0.768. The molecule has 32 heavy (non-hydrogen) atoms. The number of ether oxygens (including phenoxy) is 1. The Morgan fingerprint density at radius 1 is 1.12 bits per heavy atom. The Labute approximate surface area is 183 Å². The predicted molar refractivity (Wildman–Crippen MR) is 117 cm³/mol. The molecule has 5 nitrogen and oxygen atoms in total. The Balaban J connectivity index is 1.76. The number of carbonyl (C=O) groups is 1. The van der Waals surface area contributed by atoms with Gasteiger partial charge in [0.15, 0.2) is 11.6 Å². The molecule has 4 aromatic rings. The van der Waals surface area contributed by atoms with Crippen molar-refractivity contribution in [2.24, 2.45) is 5.73 Å². The molecule has 0 amide bonds. The van der Waals surface area contributed by atoms with Gasteiger partial charge < -0.3 is 14.9 Å². The highest BCUT2D eigenvalue weighted by molar-refractivity contribution is 5.95. The first-order chi connectivity index (χ1) is 15.4. The zero-order valence-electron chi connectivity index (χ0n) is 17.7. The van der Waals surface area contributed by atoms with Gasteiger partial charge in [0.1, 0.15) is 17.9 Å². The summed E-state index contributed by atoms with van der Waals surface area (Å²) >= 11 is 0. The second kappa shape index (κ2) is 8.88. The number of nitrogens with two attached hydrogens (primary N) is 1. The molecule has 0 fully saturated rings. The molecule has 2 aromatic carbocycles. The lowest BCUT2D eigenvalue weighted by Gasteiger charge is -2.13. The summed E-state index contributed by atoms with van der Waals surface area (Å²) in [5.41, 5.74) is 8.72. The van der Waals surface area contributed by atoms with Gasteiger partial charge in [0, 0.05) is 40.9 Å². The van der Waals surface area contributed by atoms with E-state index in [9.17, 15) is 13.6 Å². The quantitative estimate of drug-likeness (QED) is 0.383. The average Bonchev–Trinajstić information content (AvgIpc) is 3.17. The van der Waals surface area contributed by atoms with Gasteiger partial charge in [0.05, 0.1) is 5.69 Å². The van der Waals surface area contributed by atoms with Crippen molar-refractivity contribution in [1.29, 1.82) is 0 Å². The summed E-state index contributed by atoms with van der Waals surface area (Å²) in [6, 6.07) is 10.8. The Hall–Kier alpha value is -3.58. The van der Waals surface area contributed by atoms with Crippen LogP contribution in [0.2, 0.25) is 0 Å². The van der Waals surface area contributed by atoms with Crippen LogP contribution in [0.4, 0.5) is 8.78 Å². The van der Waals surface area contributed by atoms with Crippen LogP contribution in [-0.4, -0.2) is 10.8 Å². The Morgan fingerprint density at radius 3 is 2.66 bits per heavy atom. The molecule has 0 atom stereocenters. The van der Waals surface area contributed by atoms with Gasteiger partial charge in [0.2, 0.25) is 0 Å². The third-order valence-electron chi connectivity index (χ3n) is 5.34. The van der Waals surface area contributed by atoms with Gasteiger partial charge in [-0.2, -0.15) is 4.39 Å². The number of aryl methyl sites for hydroxylation is 1. The standard InChI is InChI=1S/C25H22F2N2O3/c1-3-16-4-5-17(14(2)30)10-22(16)31-13-15-8-18-11-23(26)32-25(18)20(9-15)19-6-7-29-21(12-28)24(19)27/h4-11H,3,12-13,28H2,1-2H3. The van der Waals surface area contributed by atoms with Crippen molar-refractivity contribution in [1.82, 2.24) is 4.98 Å². The van der Waals surface area contributed by atoms with E-state index < -0.39 is 11.8 Å². The molecule has 0 aliphatic carbocycles. The molecule has 0 saturated heterocycles. The Morgan fingerprint density at radius 2 is 1.94 bits per heavy atom. The third-order valence-corrected chi connectivity index (χ3v) is 5.34. The molecule has 0 radical (unpaired) electrons. The molecule has 2 heterocycles. The number of hydrogen-bond acceptors (Lipinski definition) is 5. The summed E-state index contributed by atoms with van der Waals surface area (Å²) in [4.78, 5) is 15.7. The summed E-state index contributed by atoms with van der Waals surface area (Å²) in [7, 11) is 0. The molecule has 0 saturated carbocycles. The fourth-order valence-corrected chi connectivity index (χ4v) is 3.67. The topological polar surface area (TPSA) is 78.3 Å². The summed E-state index contributed by atoms with van der Waals surface area (Å²) in [5, 5.41) is 0.484. The van der Waals surface area contributed by atoms with Crippen LogP contribution < -0.4 is 10.5 Å². The smallest absolute Gasteiger partial charge is 0.278 e. The van der Waals surface area contributed by atoms with Gasteiger partial charge in [-0.3, -0.25) is 9.78 Å². The molecule has 7 heteroatoms. The average molecular weight is 436 g/mol. The molecule has 0 aliphatic rings. The number of aromatic nitrogens is 1. The number of nitrogens with zero attached hydrogens (tertiary/aromatic N) is 1. The Kier molecular flexibility index (Phi) is 6.01. The van der Waals surface area contributed by atoms with Crippen molar-refractivity contribution in [3.63, 3.8) is 0 Å². The van der Waals surface area contributed by atoms with E-state index in [1.54, 1.807) is 24.3 Å². The van der Waals surface area contributed by atoms with Crippen LogP contribution in [0.25, 0.3) is 22.1 Å². The molecule has 0 aliphatic heterocycles. The zero-order valence-corrected chi connectivity index (χ0v) is 17.7. The summed E-state index contributed by atoms with van der Waals surface area (Å²) < 4.78 is 40.1. The number of furan rings is 1. The number of halogens is 2. The highest BCUT2D eigenvalue weighted by atomic mass is 19.1. The van der Waals surface area contributed by atoms with Crippen molar-refractivity contribution in [3.8, 4) is 16.9 Å². The fraction of sp³-hybridized carbons (Fsp3) is 0.200. The van der Waals surface area contributed by atoms with Gasteiger partial charge in [-0.1, -0.05) is 19.1 Å². The van der Waals surface area contributed by atoms with Gasteiger partial charge in [0.25, 0.3) is 6.01 Å². The first-order valence-electron chi connectivity index (χ1n) is 10.2. The number of fused-ring (bicyclic) bond motifs is 1. The van der Waals surface area contributed by atoms with E-state index in [4.69, 9.17) is 14.9 Å². The van der Waals surface area contributed by atoms with Crippen LogP contribution >= 0.6 is 0 Å². The molecule has 0 spiro atoms. The molecule has 0 bridgehead atoms. The van der Waals surface area contributed by atoms with Gasteiger partial charge in [-0.25, -0.2) is 4.39 Å². The molecule has 0 unspecified atom stereocenters. The molecule has 164 valence electrons. The first-order valence-corrected chi connectivity index (χ1v) is 10.2. The minimum Gasteiger partial charge on any atom is -0.489 e.